The van der Waals surface area contributed by atoms with Gasteiger partial charge < -0.3 is 4.74 Å². The Morgan fingerprint density at radius 1 is 0.885 bits per heavy atom. The topological polar surface area (TPSA) is 38.3 Å². The third kappa shape index (κ3) is 4.72. The molecule has 0 aliphatic carbocycles. The van der Waals surface area contributed by atoms with Gasteiger partial charge in [-0.15, -0.1) is 12.4 Å². The minimum atomic E-state index is -0.409. The largest absolute Gasteiger partial charge is 0.496 e. The first-order valence-electron chi connectivity index (χ1n) is 8.29. The van der Waals surface area contributed by atoms with Crippen LogP contribution in [0.25, 0.3) is 0 Å². The highest BCUT2D eigenvalue weighted by molar-refractivity contribution is 6.00. The zero-order chi connectivity index (χ0) is 17.5. The molecule has 0 fully saturated rings. The standard InChI is InChI=1S/C22H21NO2.ClH/c1-25-20-15-9-8-14-19(20)16-23-21(17-10-4-2-5-11-17)22(24)18-12-6-3-7-13-18;/h2-15,21,23H,16H2,1H3;1H. The molecule has 0 spiro atoms. The Balaban J connectivity index is 0.00000243. The SMILES string of the molecule is COc1ccccc1CNC(C(=O)c1ccccc1)c1ccccc1.Cl. The zero-order valence-electron chi connectivity index (χ0n) is 14.6. The lowest BCUT2D eigenvalue weighted by molar-refractivity contribution is 0.0942. The average molecular weight is 368 g/mol. The van der Waals surface area contributed by atoms with Crippen LogP contribution in [0.2, 0.25) is 0 Å². The number of ketones is 1. The fourth-order valence-electron chi connectivity index (χ4n) is 2.84. The molecule has 1 N–H and O–H groups in total. The van der Waals surface area contributed by atoms with Crippen LogP contribution in [0.5, 0.6) is 5.75 Å². The molecule has 0 heterocycles. The summed E-state index contributed by atoms with van der Waals surface area (Å²) in [5.74, 6) is 0.871. The maximum Gasteiger partial charge on any atom is 0.184 e. The Bertz CT molecular complexity index is 822. The fraction of sp³-hybridized carbons (Fsp3) is 0.136. The maximum absolute atomic E-state index is 13.0. The molecule has 1 unspecified atom stereocenters. The van der Waals surface area contributed by atoms with Gasteiger partial charge in [0.2, 0.25) is 0 Å². The molecule has 3 aromatic rings. The number of benzene rings is 3. The van der Waals surface area contributed by atoms with E-state index in [1.807, 2.05) is 84.9 Å². The van der Waals surface area contributed by atoms with Crippen LogP contribution in [0.15, 0.2) is 84.9 Å². The number of hydrogen-bond donors (Lipinski definition) is 1. The van der Waals surface area contributed by atoms with Crippen LogP contribution in [0, 0.1) is 0 Å². The number of carbonyl (C=O) groups is 1. The predicted octanol–water partition coefficient (Wildman–Crippen LogP) is 4.83. The van der Waals surface area contributed by atoms with Gasteiger partial charge in [-0.2, -0.15) is 0 Å². The van der Waals surface area contributed by atoms with Crippen LogP contribution in [0.3, 0.4) is 0 Å². The van der Waals surface area contributed by atoms with Crippen LogP contribution >= 0.6 is 12.4 Å². The summed E-state index contributed by atoms with van der Waals surface area (Å²) in [6, 6.07) is 26.6. The minimum absolute atomic E-state index is 0. The van der Waals surface area contributed by atoms with Gasteiger partial charge >= 0.3 is 0 Å². The number of methoxy groups -OCH3 is 1. The Kier molecular flexibility index (Phi) is 7.39. The Hall–Kier alpha value is -2.62. The van der Waals surface area contributed by atoms with Gasteiger partial charge in [0, 0.05) is 17.7 Å². The second-order valence-electron chi connectivity index (χ2n) is 5.77. The summed E-state index contributed by atoms with van der Waals surface area (Å²) in [6.07, 6.45) is 0. The first-order valence-corrected chi connectivity index (χ1v) is 8.29. The molecule has 0 aliphatic heterocycles. The lowest BCUT2D eigenvalue weighted by Gasteiger charge is -2.19. The smallest absolute Gasteiger partial charge is 0.184 e. The molecule has 3 rings (SSSR count). The minimum Gasteiger partial charge on any atom is -0.496 e. The molecule has 0 saturated heterocycles. The number of rotatable bonds is 7. The first-order chi connectivity index (χ1) is 12.3. The van der Waals surface area contributed by atoms with Gasteiger partial charge in [-0.3, -0.25) is 10.1 Å². The van der Waals surface area contributed by atoms with Crippen molar-refractivity contribution >= 4 is 18.2 Å². The van der Waals surface area contributed by atoms with Gasteiger partial charge in [-0.05, 0) is 11.6 Å². The van der Waals surface area contributed by atoms with Gasteiger partial charge in [-0.1, -0.05) is 78.9 Å². The highest BCUT2D eigenvalue weighted by atomic mass is 35.5. The van der Waals surface area contributed by atoms with Crippen molar-refractivity contribution < 1.29 is 9.53 Å². The van der Waals surface area contributed by atoms with Gasteiger partial charge in [0.05, 0.1) is 13.2 Å². The number of Topliss-reactive ketones (excluding diaryl/α,β-unsaturated/α-hetero) is 1. The third-order valence-electron chi connectivity index (χ3n) is 4.14. The van der Waals surface area contributed by atoms with E-state index in [0.717, 1.165) is 16.9 Å². The number of para-hydroxylation sites is 1. The van der Waals surface area contributed by atoms with Crippen molar-refractivity contribution in [2.24, 2.45) is 0 Å². The molecular formula is C22H22ClNO2. The highest BCUT2D eigenvalue weighted by Crippen LogP contribution is 2.22. The van der Waals surface area contributed by atoms with Gasteiger partial charge in [0.25, 0.3) is 0 Å². The number of hydrogen-bond acceptors (Lipinski definition) is 3. The summed E-state index contributed by atoms with van der Waals surface area (Å²) < 4.78 is 5.40. The molecule has 3 aromatic carbocycles. The summed E-state index contributed by atoms with van der Waals surface area (Å²) in [5.41, 5.74) is 2.67. The lowest BCUT2D eigenvalue weighted by atomic mass is 9.97. The highest BCUT2D eigenvalue weighted by Gasteiger charge is 2.21. The van der Waals surface area contributed by atoms with Crippen molar-refractivity contribution in [3.05, 3.63) is 102 Å². The van der Waals surface area contributed by atoms with E-state index in [1.165, 1.54) is 0 Å². The molecule has 0 radical (unpaired) electrons. The first kappa shape index (κ1) is 19.7. The van der Waals surface area contributed by atoms with Gasteiger partial charge in [0.15, 0.2) is 5.78 Å². The second kappa shape index (κ2) is 9.76. The molecule has 0 bridgehead atoms. The molecule has 3 nitrogen and oxygen atoms in total. The molecular weight excluding hydrogens is 346 g/mol. The Morgan fingerprint density at radius 3 is 2.12 bits per heavy atom. The number of nitrogens with one attached hydrogen (secondary N) is 1. The fourth-order valence-corrected chi connectivity index (χ4v) is 2.84. The molecule has 4 heteroatoms. The maximum atomic E-state index is 13.0. The number of carbonyl (C=O) groups excluding carboxylic acids is 1. The normalized spacial score (nSPS) is 11.3. The zero-order valence-corrected chi connectivity index (χ0v) is 15.4. The van der Waals surface area contributed by atoms with Crippen LogP contribution in [0.4, 0.5) is 0 Å². The third-order valence-corrected chi connectivity index (χ3v) is 4.14. The van der Waals surface area contributed by atoms with E-state index in [1.54, 1.807) is 7.11 Å². The second-order valence-corrected chi connectivity index (χ2v) is 5.77. The van der Waals surface area contributed by atoms with Crippen molar-refractivity contribution in [2.45, 2.75) is 12.6 Å². The molecule has 26 heavy (non-hydrogen) atoms. The van der Waals surface area contributed by atoms with E-state index in [-0.39, 0.29) is 18.2 Å². The van der Waals surface area contributed by atoms with E-state index < -0.39 is 6.04 Å². The number of ether oxygens (including phenoxy) is 1. The van der Waals surface area contributed by atoms with E-state index in [0.29, 0.717) is 12.1 Å². The van der Waals surface area contributed by atoms with E-state index in [9.17, 15) is 4.79 Å². The van der Waals surface area contributed by atoms with Crippen LogP contribution in [-0.4, -0.2) is 12.9 Å². The lowest BCUT2D eigenvalue weighted by Crippen LogP contribution is -2.28. The molecule has 0 aromatic heterocycles. The van der Waals surface area contributed by atoms with E-state index in [2.05, 4.69) is 5.32 Å². The summed E-state index contributed by atoms with van der Waals surface area (Å²) in [5, 5.41) is 3.40. The Morgan fingerprint density at radius 2 is 1.46 bits per heavy atom. The molecule has 134 valence electrons. The Labute approximate surface area is 160 Å². The van der Waals surface area contributed by atoms with Crippen molar-refractivity contribution in [1.82, 2.24) is 5.32 Å². The van der Waals surface area contributed by atoms with Crippen molar-refractivity contribution in [1.29, 1.82) is 0 Å². The van der Waals surface area contributed by atoms with Crippen molar-refractivity contribution in [3.8, 4) is 5.75 Å². The van der Waals surface area contributed by atoms with Crippen molar-refractivity contribution in [2.75, 3.05) is 7.11 Å². The molecule has 0 amide bonds. The van der Waals surface area contributed by atoms with Gasteiger partial charge in [0.1, 0.15) is 5.75 Å². The summed E-state index contributed by atoms with van der Waals surface area (Å²) in [6.45, 7) is 0.544. The average Bonchev–Trinajstić information content (AvgIpc) is 2.70. The predicted molar refractivity (Wildman–Crippen MR) is 107 cm³/mol. The molecule has 0 aliphatic rings. The van der Waals surface area contributed by atoms with Crippen molar-refractivity contribution in [3.63, 3.8) is 0 Å². The van der Waals surface area contributed by atoms with E-state index in [4.69, 9.17) is 4.74 Å². The summed E-state index contributed by atoms with van der Waals surface area (Å²) in [4.78, 5) is 13.0. The number of halogens is 1. The summed E-state index contributed by atoms with van der Waals surface area (Å²) >= 11 is 0. The molecule has 1 atom stereocenters. The summed E-state index contributed by atoms with van der Waals surface area (Å²) in [7, 11) is 1.66. The monoisotopic (exact) mass is 367 g/mol. The van der Waals surface area contributed by atoms with Crippen LogP contribution in [0.1, 0.15) is 27.5 Å². The van der Waals surface area contributed by atoms with Crippen LogP contribution in [-0.2, 0) is 6.54 Å². The van der Waals surface area contributed by atoms with Gasteiger partial charge in [-0.25, -0.2) is 0 Å². The van der Waals surface area contributed by atoms with Crippen LogP contribution < -0.4 is 10.1 Å². The quantitative estimate of drug-likeness (QED) is 0.608. The van der Waals surface area contributed by atoms with E-state index >= 15 is 0 Å². The molecule has 0 saturated carbocycles.